The molecular formula is C12H12N4O2S. The SMILES string of the molecule is CCOC(=O)c1csc(N2CCc3ccnnc32)n1. The summed E-state index contributed by atoms with van der Waals surface area (Å²) in [5.41, 5.74) is 1.50. The van der Waals surface area contributed by atoms with Crippen LogP contribution in [0.25, 0.3) is 0 Å². The number of carbonyl (C=O) groups is 1. The quantitative estimate of drug-likeness (QED) is 0.796. The summed E-state index contributed by atoms with van der Waals surface area (Å²) in [6, 6.07) is 1.96. The largest absolute Gasteiger partial charge is 0.461 e. The second-order valence-corrected chi connectivity index (χ2v) is 4.85. The van der Waals surface area contributed by atoms with Gasteiger partial charge in [-0.25, -0.2) is 9.78 Å². The molecule has 2 aromatic heterocycles. The average Bonchev–Trinajstić information content (AvgIpc) is 3.05. The molecule has 3 heterocycles. The predicted octanol–water partition coefficient (Wildman–Crippen LogP) is 1.80. The van der Waals surface area contributed by atoms with Crippen LogP contribution in [0.15, 0.2) is 17.6 Å². The molecule has 0 N–H and O–H groups in total. The van der Waals surface area contributed by atoms with Gasteiger partial charge in [0, 0.05) is 17.5 Å². The monoisotopic (exact) mass is 276 g/mol. The highest BCUT2D eigenvalue weighted by atomic mass is 32.1. The highest BCUT2D eigenvalue weighted by Crippen LogP contribution is 2.33. The molecule has 1 aliphatic heterocycles. The molecule has 0 spiro atoms. The first-order valence-electron chi connectivity index (χ1n) is 6.00. The fourth-order valence-electron chi connectivity index (χ4n) is 1.98. The molecule has 3 rings (SSSR count). The number of nitrogens with zero attached hydrogens (tertiary/aromatic N) is 4. The van der Waals surface area contributed by atoms with Crippen LogP contribution in [0.2, 0.25) is 0 Å². The van der Waals surface area contributed by atoms with Crippen LogP contribution >= 0.6 is 11.3 Å². The molecule has 0 saturated heterocycles. The molecule has 0 atom stereocenters. The topological polar surface area (TPSA) is 68.2 Å². The Balaban J connectivity index is 1.87. The number of hydrogen-bond donors (Lipinski definition) is 0. The van der Waals surface area contributed by atoms with E-state index in [0.29, 0.717) is 12.3 Å². The molecule has 1 aliphatic rings. The van der Waals surface area contributed by atoms with Crippen LogP contribution in [-0.2, 0) is 11.2 Å². The lowest BCUT2D eigenvalue weighted by atomic mass is 10.2. The van der Waals surface area contributed by atoms with Gasteiger partial charge in [-0.3, -0.25) is 0 Å². The van der Waals surface area contributed by atoms with Crippen molar-refractivity contribution in [3.05, 3.63) is 28.9 Å². The Morgan fingerprint density at radius 3 is 3.32 bits per heavy atom. The van der Waals surface area contributed by atoms with Crippen LogP contribution in [0, 0.1) is 0 Å². The Morgan fingerprint density at radius 2 is 2.47 bits per heavy atom. The molecule has 2 aromatic rings. The van der Waals surface area contributed by atoms with Crippen molar-refractivity contribution in [3.63, 3.8) is 0 Å². The zero-order valence-electron chi connectivity index (χ0n) is 10.4. The van der Waals surface area contributed by atoms with Gasteiger partial charge in [0.05, 0.1) is 12.8 Å². The maximum atomic E-state index is 11.6. The van der Waals surface area contributed by atoms with E-state index in [1.165, 1.54) is 11.3 Å². The molecule has 0 saturated carbocycles. The predicted molar refractivity (Wildman–Crippen MR) is 70.8 cm³/mol. The Kier molecular flexibility index (Phi) is 3.12. The van der Waals surface area contributed by atoms with Crippen molar-refractivity contribution in [2.24, 2.45) is 0 Å². The number of rotatable bonds is 3. The summed E-state index contributed by atoms with van der Waals surface area (Å²) in [6.45, 7) is 2.94. The second kappa shape index (κ2) is 4.93. The van der Waals surface area contributed by atoms with Crippen LogP contribution in [0.3, 0.4) is 0 Å². The standard InChI is InChI=1S/C12H12N4O2S/c1-2-18-11(17)9-7-19-12(14-9)16-6-4-8-3-5-13-15-10(8)16/h3,5,7H,2,4,6H2,1H3. The first-order valence-corrected chi connectivity index (χ1v) is 6.88. The number of carbonyl (C=O) groups excluding carboxylic acids is 1. The fourth-order valence-corrected chi connectivity index (χ4v) is 2.81. The molecule has 0 bridgehead atoms. The van der Waals surface area contributed by atoms with Crippen LogP contribution < -0.4 is 4.90 Å². The van der Waals surface area contributed by atoms with Gasteiger partial charge in [0.15, 0.2) is 16.6 Å². The Morgan fingerprint density at radius 1 is 1.58 bits per heavy atom. The highest BCUT2D eigenvalue weighted by molar-refractivity contribution is 7.14. The zero-order chi connectivity index (χ0) is 13.2. The van der Waals surface area contributed by atoms with Crippen molar-refractivity contribution in [1.82, 2.24) is 15.2 Å². The van der Waals surface area contributed by atoms with Gasteiger partial charge in [-0.1, -0.05) is 0 Å². The maximum Gasteiger partial charge on any atom is 0.357 e. The molecule has 0 amide bonds. The lowest BCUT2D eigenvalue weighted by Gasteiger charge is -2.12. The van der Waals surface area contributed by atoms with Crippen molar-refractivity contribution >= 4 is 28.3 Å². The first kappa shape index (κ1) is 12.0. The van der Waals surface area contributed by atoms with E-state index in [-0.39, 0.29) is 5.97 Å². The van der Waals surface area contributed by atoms with Gasteiger partial charge < -0.3 is 9.64 Å². The van der Waals surface area contributed by atoms with Crippen molar-refractivity contribution in [2.45, 2.75) is 13.3 Å². The summed E-state index contributed by atoms with van der Waals surface area (Å²) in [7, 11) is 0. The Hall–Kier alpha value is -2.02. The van der Waals surface area contributed by atoms with E-state index >= 15 is 0 Å². The van der Waals surface area contributed by atoms with E-state index in [4.69, 9.17) is 4.74 Å². The molecule has 0 aliphatic carbocycles. The van der Waals surface area contributed by atoms with Gasteiger partial charge in [0.1, 0.15) is 0 Å². The maximum absolute atomic E-state index is 11.6. The molecule has 0 aromatic carbocycles. The van der Waals surface area contributed by atoms with Crippen LogP contribution in [0.5, 0.6) is 0 Å². The molecule has 6 nitrogen and oxygen atoms in total. The summed E-state index contributed by atoms with van der Waals surface area (Å²) in [6.07, 6.45) is 2.60. The van der Waals surface area contributed by atoms with E-state index in [1.54, 1.807) is 18.5 Å². The minimum absolute atomic E-state index is 0.346. The van der Waals surface area contributed by atoms with Crippen LogP contribution in [0.1, 0.15) is 23.0 Å². The van der Waals surface area contributed by atoms with Gasteiger partial charge in [0.2, 0.25) is 0 Å². The smallest absolute Gasteiger partial charge is 0.357 e. The van der Waals surface area contributed by atoms with Gasteiger partial charge in [0.25, 0.3) is 0 Å². The van der Waals surface area contributed by atoms with Gasteiger partial charge in [-0.05, 0) is 19.4 Å². The number of hydrogen-bond acceptors (Lipinski definition) is 7. The summed E-state index contributed by atoms with van der Waals surface area (Å²) in [5.74, 6) is 0.441. The average molecular weight is 276 g/mol. The third-order valence-corrected chi connectivity index (χ3v) is 3.71. The summed E-state index contributed by atoms with van der Waals surface area (Å²) < 4.78 is 4.93. The van der Waals surface area contributed by atoms with Crippen molar-refractivity contribution in [2.75, 3.05) is 18.1 Å². The molecule has 19 heavy (non-hydrogen) atoms. The number of ether oxygens (including phenoxy) is 1. The summed E-state index contributed by atoms with van der Waals surface area (Å²) in [4.78, 5) is 17.9. The van der Waals surface area contributed by atoms with E-state index in [0.717, 1.165) is 29.5 Å². The van der Waals surface area contributed by atoms with Gasteiger partial charge >= 0.3 is 5.97 Å². The van der Waals surface area contributed by atoms with Crippen LogP contribution in [-0.4, -0.2) is 34.3 Å². The van der Waals surface area contributed by atoms with E-state index in [2.05, 4.69) is 15.2 Å². The number of anilines is 2. The van der Waals surface area contributed by atoms with Crippen LogP contribution in [0.4, 0.5) is 10.9 Å². The number of aromatic nitrogens is 3. The van der Waals surface area contributed by atoms with E-state index in [9.17, 15) is 4.79 Å². The van der Waals surface area contributed by atoms with Gasteiger partial charge in [-0.15, -0.1) is 16.4 Å². The fraction of sp³-hybridized carbons (Fsp3) is 0.333. The highest BCUT2D eigenvalue weighted by Gasteiger charge is 2.25. The molecular weight excluding hydrogens is 264 g/mol. The molecule has 0 unspecified atom stereocenters. The molecule has 7 heteroatoms. The summed E-state index contributed by atoms with van der Waals surface area (Å²) in [5, 5.41) is 10.5. The number of esters is 1. The van der Waals surface area contributed by atoms with Crippen molar-refractivity contribution in [3.8, 4) is 0 Å². The lowest BCUT2D eigenvalue weighted by Crippen LogP contribution is -2.15. The molecule has 0 radical (unpaired) electrons. The molecule has 98 valence electrons. The van der Waals surface area contributed by atoms with Crippen molar-refractivity contribution < 1.29 is 9.53 Å². The summed E-state index contributed by atoms with van der Waals surface area (Å²) >= 11 is 1.41. The Labute approximate surface area is 114 Å². The lowest BCUT2D eigenvalue weighted by molar-refractivity contribution is 0.0520. The number of fused-ring (bicyclic) bond motifs is 1. The Bertz CT molecular complexity index is 613. The van der Waals surface area contributed by atoms with Gasteiger partial charge in [-0.2, -0.15) is 5.10 Å². The third kappa shape index (κ3) is 2.17. The zero-order valence-corrected chi connectivity index (χ0v) is 11.2. The first-order chi connectivity index (χ1) is 9.29. The van der Waals surface area contributed by atoms with E-state index in [1.807, 2.05) is 11.0 Å². The normalized spacial score (nSPS) is 13.4. The minimum Gasteiger partial charge on any atom is -0.461 e. The minimum atomic E-state index is -0.386. The second-order valence-electron chi connectivity index (χ2n) is 4.02. The van der Waals surface area contributed by atoms with Crippen molar-refractivity contribution in [1.29, 1.82) is 0 Å². The number of thiazole rings is 1. The van der Waals surface area contributed by atoms with E-state index < -0.39 is 0 Å². The third-order valence-electron chi connectivity index (χ3n) is 2.85. The molecule has 0 fully saturated rings.